The van der Waals surface area contributed by atoms with E-state index in [4.69, 9.17) is 0 Å². The first-order valence-corrected chi connectivity index (χ1v) is 17.0. The summed E-state index contributed by atoms with van der Waals surface area (Å²) in [5, 5.41) is 0.455. The first kappa shape index (κ1) is 31.6. The first-order chi connectivity index (χ1) is 16.3. The zero-order valence-electron chi connectivity index (χ0n) is 22.9. The van der Waals surface area contributed by atoms with Gasteiger partial charge in [0.25, 0.3) is 0 Å². The van der Waals surface area contributed by atoms with Crippen molar-refractivity contribution in [3.63, 3.8) is 0 Å². The van der Waals surface area contributed by atoms with Crippen molar-refractivity contribution in [2.24, 2.45) is 0 Å². The van der Waals surface area contributed by atoms with Gasteiger partial charge in [0, 0.05) is 0 Å². The van der Waals surface area contributed by atoms with Crippen molar-refractivity contribution < 1.29 is 14.7 Å². The Bertz CT molecular complexity index is 636. The van der Waals surface area contributed by atoms with Crippen LogP contribution in [0.2, 0.25) is 0 Å². The molecule has 3 N–H and O–H groups in total. The Kier molecular flexibility index (Phi) is 16.6. The molecule has 0 unspecified atom stereocenters. The maximum atomic E-state index is 11.2. The molecular formula is C30H57O3P. The first-order valence-electron chi connectivity index (χ1n) is 14.7. The van der Waals surface area contributed by atoms with Crippen LogP contribution >= 0.6 is 7.28 Å². The predicted molar refractivity (Wildman–Crippen MR) is 152 cm³/mol. The molecule has 0 aliphatic rings. The summed E-state index contributed by atoms with van der Waals surface area (Å²) in [4.78, 5) is 33.7. The Balaban J connectivity index is 2.88. The van der Waals surface area contributed by atoms with Crippen LogP contribution in [0.4, 0.5) is 0 Å². The molecule has 0 bridgehead atoms. The van der Waals surface area contributed by atoms with Gasteiger partial charge in [0.05, 0.1) is 0 Å². The van der Waals surface area contributed by atoms with Crippen LogP contribution in [-0.4, -0.2) is 20.8 Å². The molecule has 0 radical (unpaired) electrons. The van der Waals surface area contributed by atoms with E-state index in [1.54, 1.807) is 6.07 Å². The summed E-state index contributed by atoms with van der Waals surface area (Å²) >= 11 is 0. The van der Waals surface area contributed by atoms with E-state index in [1.165, 1.54) is 89.0 Å². The second kappa shape index (κ2) is 17.9. The van der Waals surface area contributed by atoms with Crippen molar-refractivity contribution >= 4 is 12.6 Å². The molecular weight excluding hydrogens is 439 g/mol. The van der Waals surface area contributed by atoms with Crippen LogP contribution in [0.5, 0.6) is 0 Å². The molecule has 0 fully saturated rings. The van der Waals surface area contributed by atoms with Gasteiger partial charge in [-0.25, -0.2) is 0 Å². The van der Waals surface area contributed by atoms with Gasteiger partial charge in [0.15, 0.2) is 0 Å². The quantitative estimate of drug-likeness (QED) is 0.111. The second-order valence-electron chi connectivity index (χ2n) is 10.6. The van der Waals surface area contributed by atoms with Gasteiger partial charge in [-0.2, -0.15) is 0 Å². The molecule has 0 heterocycles. The molecule has 1 rings (SSSR count). The number of aryl methyl sites for hydroxylation is 1. The van der Waals surface area contributed by atoms with E-state index in [9.17, 15) is 14.7 Å². The summed E-state index contributed by atoms with van der Waals surface area (Å²) in [5.41, 5.74) is 2.25. The number of rotatable bonds is 22. The molecule has 0 aliphatic carbocycles. The zero-order chi connectivity index (χ0) is 25.1. The van der Waals surface area contributed by atoms with E-state index < -0.39 is 7.28 Å². The zero-order valence-corrected chi connectivity index (χ0v) is 23.8. The number of benzene rings is 1. The third-order valence-electron chi connectivity index (χ3n) is 7.25. The number of unbranched alkanes of at least 4 members (excludes halogenated alkanes) is 15. The summed E-state index contributed by atoms with van der Waals surface area (Å²) in [6.45, 7) is 6.68. The molecule has 0 spiro atoms. The number of hydrogen-bond donors (Lipinski definition) is 3. The van der Waals surface area contributed by atoms with Gasteiger partial charge in [-0.3, -0.25) is 0 Å². The molecule has 200 valence electrons. The molecule has 34 heavy (non-hydrogen) atoms. The van der Waals surface area contributed by atoms with Gasteiger partial charge < -0.3 is 0 Å². The molecule has 0 saturated carbocycles. The van der Waals surface area contributed by atoms with Gasteiger partial charge in [0.1, 0.15) is 0 Å². The summed E-state index contributed by atoms with van der Waals surface area (Å²) in [6, 6.07) is 5.88. The molecule has 1 aromatic rings. The van der Waals surface area contributed by atoms with Crippen molar-refractivity contribution in [2.75, 3.05) is 6.16 Å². The number of hydrogen-bond acceptors (Lipinski definition) is 3. The van der Waals surface area contributed by atoms with Crippen LogP contribution in [0.15, 0.2) is 18.2 Å². The van der Waals surface area contributed by atoms with Crippen LogP contribution in [0.3, 0.4) is 0 Å². The average molecular weight is 497 g/mol. The topological polar surface area (TPSA) is 60.7 Å². The van der Waals surface area contributed by atoms with Crippen LogP contribution < -0.4 is 5.30 Å². The summed E-state index contributed by atoms with van der Waals surface area (Å²) in [5.74, 6) is 0. The summed E-state index contributed by atoms with van der Waals surface area (Å²) in [7, 11) is -4.86. The normalized spacial score (nSPS) is 13.2. The van der Waals surface area contributed by atoms with Crippen molar-refractivity contribution in [1.82, 2.24) is 0 Å². The standard InChI is InChI=1S/C30H57O3P/c1-4-7-10-13-16-19-23-28-24-22-26-30(29(28)25-20-17-14-11-8-5-2)34(31,32,33)27-21-18-15-12-9-6-3/h22,24,26,31-33H,4-21,23,25,27H2,1-3H3. The Hall–Kier alpha value is -0.470. The third-order valence-corrected chi connectivity index (χ3v) is 9.79. The van der Waals surface area contributed by atoms with Gasteiger partial charge in [0.2, 0.25) is 0 Å². The fourth-order valence-corrected chi connectivity index (χ4v) is 7.30. The van der Waals surface area contributed by atoms with Crippen LogP contribution in [0, 0.1) is 0 Å². The van der Waals surface area contributed by atoms with Gasteiger partial charge in [-0.05, 0) is 0 Å². The molecule has 0 aromatic heterocycles. The predicted octanol–water partition coefficient (Wildman–Crippen LogP) is 8.75. The Morgan fingerprint density at radius 1 is 0.529 bits per heavy atom. The van der Waals surface area contributed by atoms with E-state index >= 15 is 0 Å². The van der Waals surface area contributed by atoms with Crippen molar-refractivity contribution in [3.05, 3.63) is 29.3 Å². The maximum absolute atomic E-state index is 11.2. The van der Waals surface area contributed by atoms with Gasteiger partial charge in [-0.15, -0.1) is 0 Å². The van der Waals surface area contributed by atoms with E-state index in [1.807, 2.05) is 6.07 Å². The second-order valence-corrected chi connectivity index (χ2v) is 13.8. The summed E-state index contributed by atoms with van der Waals surface area (Å²) < 4.78 is 0. The van der Waals surface area contributed by atoms with Crippen molar-refractivity contribution in [2.45, 2.75) is 149 Å². The average Bonchev–Trinajstić information content (AvgIpc) is 2.81. The van der Waals surface area contributed by atoms with Gasteiger partial charge >= 0.3 is 212 Å². The minimum absolute atomic E-state index is 0.0989. The van der Waals surface area contributed by atoms with E-state index in [-0.39, 0.29) is 6.16 Å². The third kappa shape index (κ3) is 13.0. The fraction of sp³-hybridized carbons (Fsp3) is 0.800. The SMILES string of the molecule is CCCCCCCCc1cccc(P(O)(O)(O)CCCCCCCC)c1CCCCCCCC. The van der Waals surface area contributed by atoms with Gasteiger partial charge in [-0.1, -0.05) is 0 Å². The fourth-order valence-electron chi connectivity index (χ4n) is 5.05. The van der Waals surface area contributed by atoms with Crippen LogP contribution in [0.1, 0.15) is 147 Å². The molecule has 0 atom stereocenters. The van der Waals surface area contributed by atoms with Crippen LogP contribution in [0.25, 0.3) is 0 Å². The van der Waals surface area contributed by atoms with Crippen LogP contribution in [-0.2, 0) is 12.8 Å². The van der Waals surface area contributed by atoms with Crippen molar-refractivity contribution in [1.29, 1.82) is 0 Å². The molecule has 3 nitrogen and oxygen atoms in total. The Morgan fingerprint density at radius 3 is 1.50 bits per heavy atom. The Morgan fingerprint density at radius 2 is 0.971 bits per heavy atom. The minimum atomic E-state index is -4.86. The summed E-state index contributed by atoms with van der Waals surface area (Å²) in [6.07, 6.45) is 23.0. The van der Waals surface area contributed by atoms with E-state index in [2.05, 4.69) is 26.8 Å². The molecule has 0 saturated heterocycles. The van der Waals surface area contributed by atoms with E-state index in [0.717, 1.165) is 44.1 Å². The monoisotopic (exact) mass is 496 g/mol. The molecule has 1 aromatic carbocycles. The molecule has 0 aliphatic heterocycles. The van der Waals surface area contributed by atoms with E-state index in [0.29, 0.717) is 11.7 Å². The van der Waals surface area contributed by atoms with Crippen molar-refractivity contribution in [3.8, 4) is 0 Å². The Labute approximate surface area is 212 Å². The molecule has 4 heteroatoms. The molecule has 0 amide bonds.